The van der Waals surface area contributed by atoms with Crippen LogP contribution in [-0.4, -0.2) is 96.7 Å². The number of rotatable bonds is 78. The molecule has 0 aromatic heterocycles. The fraction of sp³-hybridized carbons (Fsp3) is 0.949. The molecular formula is C78H152O17P2. The fourth-order valence-corrected chi connectivity index (χ4v) is 13.6. The molecule has 0 aliphatic carbocycles. The number of phosphoric ester groups is 2. The van der Waals surface area contributed by atoms with Crippen LogP contribution in [0.5, 0.6) is 0 Å². The van der Waals surface area contributed by atoms with E-state index < -0.39 is 97.5 Å². The molecule has 0 radical (unpaired) electrons. The minimum atomic E-state index is -4.96. The highest BCUT2D eigenvalue weighted by molar-refractivity contribution is 7.47. The van der Waals surface area contributed by atoms with Crippen molar-refractivity contribution >= 4 is 39.5 Å². The van der Waals surface area contributed by atoms with Gasteiger partial charge in [0.1, 0.15) is 19.3 Å². The molecular weight excluding hydrogens is 1270 g/mol. The van der Waals surface area contributed by atoms with Gasteiger partial charge in [0.15, 0.2) is 12.2 Å². The molecule has 19 heteroatoms. The zero-order chi connectivity index (χ0) is 71.2. The molecule has 576 valence electrons. The number of aliphatic hydroxyl groups is 1. The summed E-state index contributed by atoms with van der Waals surface area (Å²) < 4.78 is 68.6. The highest BCUT2D eigenvalue weighted by Crippen LogP contribution is 2.45. The van der Waals surface area contributed by atoms with Crippen LogP contribution in [0, 0.1) is 5.92 Å². The molecule has 0 aliphatic heterocycles. The number of ether oxygens (including phenoxy) is 4. The van der Waals surface area contributed by atoms with E-state index in [0.717, 1.165) is 102 Å². The van der Waals surface area contributed by atoms with Gasteiger partial charge >= 0.3 is 39.5 Å². The van der Waals surface area contributed by atoms with Crippen molar-refractivity contribution in [3.8, 4) is 0 Å². The molecule has 0 fully saturated rings. The minimum absolute atomic E-state index is 0.107. The number of carbonyl (C=O) groups is 4. The van der Waals surface area contributed by atoms with Gasteiger partial charge in [0.2, 0.25) is 0 Å². The predicted octanol–water partition coefficient (Wildman–Crippen LogP) is 23.3. The Morgan fingerprint density at radius 1 is 0.289 bits per heavy atom. The molecule has 0 saturated heterocycles. The van der Waals surface area contributed by atoms with Crippen LogP contribution in [0.15, 0.2) is 0 Å². The molecule has 17 nitrogen and oxygen atoms in total. The second kappa shape index (κ2) is 71.1. The van der Waals surface area contributed by atoms with Crippen LogP contribution in [-0.2, 0) is 65.4 Å². The Balaban J connectivity index is 5.24. The van der Waals surface area contributed by atoms with Crippen LogP contribution in [0.4, 0.5) is 0 Å². The van der Waals surface area contributed by atoms with E-state index in [1.807, 2.05) is 0 Å². The van der Waals surface area contributed by atoms with E-state index in [1.54, 1.807) is 0 Å². The summed E-state index contributed by atoms with van der Waals surface area (Å²) in [5.74, 6) is -1.38. The summed E-state index contributed by atoms with van der Waals surface area (Å²) in [7, 11) is -9.91. The molecule has 0 rings (SSSR count). The van der Waals surface area contributed by atoms with Gasteiger partial charge in [-0.25, -0.2) is 9.13 Å². The monoisotopic (exact) mass is 1420 g/mol. The summed E-state index contributed by atoms with van der Waals surface area (Å²) in [5, 5.41) is 10.6. The predicted molar refractivity (Wildman–Crippen MR) is 395 cm³/mol. The zero-order valence-electron chi connectivity index (χ0n) is 63.2. The maximum atomic E-state index is 13.1. The Morgan fingerprint density at radius 2 is 0.495 bits per heavy atom. The van der Waals surface area contributed by atoms with Gasteiger partial charge in [0, 0.05) is 25.7 Å². The second-order valence-electron chi connectivity index (χ2n) is 28.3. The Hall–Kier alpha value is -1.94. The first-order valence-electron chi connectivity index (χ1n) is 40.7. The number of unbranched alkanes of at least 4 members (excludes halogenated alkanes) is 49. The first-order chi connectivity index (χ1) is 47.1. The van der Waals surface area contributed by atoms with Crippen LogP contribution in [0.3, 0.4) is 0 Å². The van der Waals surface area contributed by atoms with E-state index in [4.69, 9.17) is 37.0 Å². The van der Waals surface area contributed by atoms with Gasteiger partial charge in [-0.3, -0.25) is 37.3 Å². The fourth-order valence-electron chi connectivity index (χ4n) is 12.0. The summed E-state index contributed by atoms with van der Waals surface area (Å²) in [4.78, 5) is 72.9. The molecule has 0 aromatic rings. The van der Waals surface area contributed by atoms with Crippen molar-refractivity contribution in [3.63, 3.8) is 0 Å². The lowest BCUT2D eigenvalue weighted by molar-refractivity contribution is -0.161. The Kier molecular flexibility index (Phi) is 69.6. The van der Waals surface area contributed by atoms with Crippen molar-refractivity contribution in [3.05, 3.63) is 0 Å². The standard InChI is InChI=1S/C78H152O17P2/c1-6-10-13-16-19-22-25-28-31-32-33-35-38-41-44-47-54-59-64-77(82)94-73(67-88-75(80)61-56-51-45-42-39-37-34-29-26-23-20-17-14-11-7-2)69-92-96(84,85)90-65-72(79)66-91-97(86,87)93-70-74(68-89-76(81)62-57-52-49-48-50-55-60-71(5)9-4)95-78(83)63-58-53-46-43-40-36-30-27-24-21-18-15-12-8-3/h71-74,79H,6-70H2,1-5H3,(H,84,85)(H,86,87)/t71?,72-,73-,74-/m1/s1. The lowest BCUT2D eigenvalue weighted by Crippen LogP contribution is -2.30. The van der Waals surface area contributed by atoms with Crippen LogP contribution >= 0.6 is 15.6 Å². The number of aliphatic hydroxyl groups excluding tert-OH is 1. The minimum Gasteiger partial charge on any atom is -0.462 e. The average molecular weight is 1420 g/mol. The largest absolute Gasteiger partial charge is 0.472 e. The molecule has 0 aromatic carbocycles. The number of hydrogen-bond donors (Lipinski definition) is 3. The quantitative estimate of drug-likeness (QED) is 0.0222. The molecule has 0 bridgehead atoms. The SMILES string of the molecule is CCCCCCCCCCCCCCCCCCCCC(=O)O[C@H](COC(=O)CCCCCCCCCCCCCCCCC)COP(=O)(O)OC[C@@H](O)COP(=O)(O)OC[C@@H](COC(=O)CCCCCCCCC(C)CC)OC(=O)CCCCCCCCCCCCCCCC. The summed E-state index contributed by atoms with van der Waals surface area (Å²) in [6, 6.07) is 0. The first-order valence-corrected chi connectivity index (χ1v) is 43.7. The molecule has 3 unspecified atom stereocenters. The van der Waals surface area contributed by atoms with Crippen LogP contribution in [0.2, 0.25) is 0 Å². The van der Waals surface area contributed by atoms with Crippen molar-refractivity contribution in [1.29, 1.82) is 0 Å². The van der Waals surface area contributed by atoms with Crippen molar-refractivity contribution in [2.24, 2.45) is 5.92 Å². The third kappa shape index (κ3) is 70.9. The van der Waals surface area contributed by atoms with E-state index in [1.165, 1.54) is 231 Å². The van der Waals surface area contributed by atoms with Crippen molar-refractivity contribution in [1.82, 2.24) is 0 Å². The average Bonchev–Trinajstić information content (AvgIpc) is 1.57. The normalized spacial score (nSPS) is 14.2. The summed E-state index contributed by atoms with van der Waals surface area (Å²) in [6.07, 6.45) is 61.0. The van der Waals surface area contributed by atoms with Gasteiger partial charge in [0.05, 0.1) is 26.4 Å². The van der Waals surface area contributed by atoms with Gasteiger partial charge in [-0.2, -0.15) is 0 Å². The molecule has 0 saturated carbocycles. The Labute approximate surface area is 594 Å². The van der Waals surface area contributed by atoms with Crippen LogP contribution in [0.1, 0.15) is 413 Å². The van der Waals surface area contributed by atoms with Gasteiger partial charge in [-0.15, -0.1) is 0 Å². The van der Waals surface area contributed by atoms with Crippen LogP contribution in [0.25, 0.3) is 0 Å². The summed E-state index contributed by atoms with van der Waals surface area (Å²) in [6.45, 7) is 7.28. The van der Waals surface area contributed by atoms with Crippen LogP contribution < -0.4 is 0 Å². The maximum absolute atomic E-state index is 13.1. The molecule has 3 N–H and O–H groups in total. The van der Waals surface area contributed by atoms with Gasteiger partial charge in [0.25, 0.3) is 0 Å². The van der Waals surface area contributed by atoms with Crippen molar-refractivity contribution in [2.75, 3.05) is 39.6 Å². The molecule has 0 heterocycles. The van der Waals surface area contributed by atoms with E-state index in [2.05, 4.69) is 34.6 Å². The van der Waals surface area contributed by atoms with Gasteiger partial charge < -0.3 is 33.8 Å². The molecule has 0 aliphatic rings. The molecule has 0 amide bonds. The lowest BCUT2D eigenvalue weighted by Gasteiger charge is -2.21. The number of hydrogen-bond acceptors (Lipinski definition) is 15. The third-order valence-corrected chi connectivity index (χ3v) is 20.5. The highest BCUT2D eigenvalue weighted by Gasteiger charge is 2.30. The van der Waals surface area contributed by atoms with Gasteiger partial charge in [-0.05, 0) is 31.6 Å². The second-order valence-corrected chi connectivity index (χ2v) is 31.3. The van der Waals surface area contributed by atoms with Gasteiger partial charge in [-0.1, -0.05) is 362 Å². The van der Waals surface area contributed by atoms with Crippen molar-refractivity contribution < 1.29 is 80.2 Å². The Morgan fingerprint density at radius 3 is 0.732 bits per heavy atom. The lowest BCUT2D eigenvalue weighted by atomic mass is 10.00. The maximum Gasteiger partial charge on any atom is 0.472 e. The van der Waals surface area contributed by atoms with E-state index in [-0.39, 0.29) is 25.7 Å². The number of carbonyl (C=O) groups excluding carboxylic acids is 4. The van der Waals surface area contributed by atoms with E-state index in [9.17, 15) is 43.2 Å². The first kappa shape index (κ1) is 95.1. The topological polar surface area (TPSA) is 237 Å². The summed E-state index contributed by atoms with van der Waals surface area (Å²) >= 11 is 0. The summed E-state index contributed by atoms with van der Waals surface area (Å²) in [5.41, 5.74) is 0. The number of phosphoric acid groups is 2. The Bertz CT molecular complexity index is 1860. The van der Waals surface area contributed by atoms with Crippen molar-refractivity contribution in [2.45, 2.75) is 432 Å². The molecule has 6 atom stereocenters. The smallest absolute Gasteiger partial charge is 0.462 e. The number of esters is 4. The van der Waals surface area contributed by atoms with E-state index >= 15 is 0 Å². The third-order valence-electron chi connectivity index (χ3n) is 18.6. The molecule has 0 spiro atoms. The van der Waals surface area contributed by atoms with E-state index in [0.29, 0.717) is 25.7 Å². The molecule has 97 heavy (non-hydrogen) atoms. The zero-order valence-corrected chi connectivity index (χ0v) is 65.0. The highest BCUT2D eigenvalue weighted by atomic mass is 31.2.